The van der Waals surface area contributed by atoms with Gasteiger partial charge in [0, 0.05) is 17.2 Å². The van der Waals surface area contributed by atoms with Crippen LogP contribution in [0.4, 0.5) is 5.69 Å². The molecule has 0 radical (unpaired) electrons. The molecule has 2 aromatic rings. The summed E-state index contributed by atoms with van der Waals surface area (Å²) in [6.45, 7) is -0.0180. The lowest BCUT2D eigenvalue weighted by Gasteiger charge is -2.10. The smallest absolute Gasteiger partial charge is 0.338 e. The standard InChI is InChI=1S/C16H11NO7/c1-22-16(19)12-6-15-14(23-8-24-15)5-10(12)11-4-9(7-18)2-3-13(11)17(20)21/h2-7H,8H2,1H3. The minimum atomic E-state index is -0.686. The average molecular weight is 329 g/mol. The van der Waals surface area contributed by atoms with E-state index in [1.54, 1.807) is 0 Å². The van der Waals surface area contributed by atoms with Crippen LogP contribution < -0.4 is 9.47 Å². The number of carbonyl (C=O) groups is 2. The lowest BCUT2D eigenvalue weighted by molar-refractivity contribution is -0.384. The number of aldehydes is 1. The van der Waals surface area contributed by atoms with Gasteiger partial charge in [0.25, 0.3) is 5.69 Å². The second kappa shape index (κ2) is 5.99. The number of esters is 1. The molecule has 24 heavy (non-hydrogen) atoms. The molecule has 1 aliphatic rings. The Morgan fingerprint density at radius 3 is 2.54 bits per heavy atom. The van der Waals surface area contributed by atoms with Crippen LogP contribution >= 0.6 is 0 Å². The maximum Gasteiger partial charge on any atom is 0.338 e. The Balaban J connectivity index is 2.31. The highest BCUT2D eigenvalue weighted by Gasteiger charge is 2.26. The summed E-state index contributed by atoms with van der Waals surface area (Å²) in [6.07, 6.45) is 0.567. The van der Waals surface area contributed by atoms with E-state index < -0.39 is 10.9 Å². The van der Waals surface area contributed by atoms with Gasteiger partial charge in [-0.25, -0.2) is 4.79 Å². The van der Waals surface area contributed by atoms with Crippen molar-refractivity contribution in [2.45, 2.75) is 0 Å². The van der Waals surface area contributed by atoms with E-state index >= 15 is 0 Å². The fourth-order valence-electron chi connectivity index (χ4n) is 2.45. The Labute approximate surface area is 135 Å². The number of hydrogen-bond acceptors (Lipinski definition) is 7. The minimum Gasteiger partial charge on any atom is -0.465 e. The van der Waals surface area contributed by atoms with Gasteiger partial charge in [0.15, 0.2) is 11.5 Å². The molecule has 8 heteroatoms. The predicted octanol–water partition coefficient (Wildman–Crippen LogP) is 2.59. The van der Waals surface area contributed by atoms with Gasteiger partial charge in [-0.3, -0.25) is 14.9 Å². The fraction of sp³-hybridized carbons (Fsp3) is 0.125. The summed E-state index contributed by atoms with van der Waals surface area (Å²) in [5.41, 5.74) is 0.409. The van der Waals surface area contributed by atoms with Gasteiger partial charge in [0.05, 0.1) is 23.2 Å². The van der Waals surface area contributed by atoms with E-state index in [9.17, 15) is 19.7 Å². The first-order chi connectivity index (χ1) is 11.5. The summed E-state index contributed by atoms with van der Waals surface area (Å²) < 4.78 is 15.2. The predicted molar refractivity (Wildman–Crippen MR) is 81.4 cm³/mol. The molecule has 0 spiro atoms. The van der Waals surface area contributed by atoms with Gasteiger partial charge in [0.2, 0.25) is 6.79 Å². The van der Waals surface area contributed by atoms with Crippen molar-refractivity contribution in [3.05, 3.63) is 51.6 Å². The van der Waals surface area contributed by atoms with E-state index in [4.69, 9.17) is 14.2 Å². The normalized spacial score (nSPS) is 11.9. The number of nitrogens with zero attached hydrogens (tertiary/aromatic N) is 1. The van der Waals surface area contributed by atoms with Crippen LogP contribution in [-0.2, 0) is 4.74 Å². The van der Waals surface area contributed by atoms with Crippen molar-refractivity contribution in [3.63, 3.8) is 0 Å². The summed E-state index contributed by atoms with van der Waals surface area (Å²) in [4.78, 5) is 33.8. The van der Waals surface area contributed by atoms with Crippen molar-refractivity contribution in [1.29, 1.82) is 0 Å². The number of fused-ring (bicyclic) bond motifs is 1. The van der Waals surface area contributed by atoms with Crippen LogP contribution in [0.1, 0.15) is 20.7 Å². The third-order valence-electron chi connectivity index (χ3n) is 3.56. The molecule has 3 rings (SSSR count). The number of nitro groups is 1. The van der Waals surface area contributed by atoms with E-state index in [2.05, 4.69) is 0 Å². The first-order valence-corrected chi connectivity index (χ1v) is 6.81. The van der Waals surface area contributed by atoms with Crippen molar-refractivity contribution in [2.24, 2.45) is 0 Å². The van der Waals surface area contributed by atoms with Crippen molar-refractivity contribution in [3.8, 4) is 22.6 Å². The molecule has 0 N–H and O–H groups in total. The lowest BCUT2D eigenvalue weighted by atomic mass is 9.96. The molecule has 0 bridgehead atoms. The Morgan fingerprint density at radius 1 is 1.21 bits per heavy atom. The molecule has 122 valence electrons. The molecular weight excluding hydrogens is 318 g/mol. The summed E-state index contributed by atoms with van der Waals surface area (Å²) >= 11 is 0. The second-order valence-corrected chi connectivity index (χ2v) is 4.89. The van der Waals surface area contributed by atoms with Crippen LogP contribution in [-0.4, -0.2) is 31.1 Å². The molecule has 0 saturated heterocycles. The van der Waals surface area contributed by atoms with Gasteiger partial charge < -0.3 is 14.2 Å². The molecule has 1 aliphatic heterocycles. The quantitative estimate of drug-likeness (QED) is 0.367. The Bertz CT molecular complexity index is 860. The number of benzene rings is 2. The maximum atomic E-state index is 12.1. The SMILES string of the molecule is COC(=O)c1cc2c(cc1-c1cc(C=O)ccc1[N+](=O)[O-])OCO2. The first kappa shape index (κ1) is 15.5. The number of methoxy groups -OCH3 is 1. The highest BCUT2D eigenvalue weighted by molar-refractivity contribution is 6.00. The molecule has 2 aromatic carbocycles. The van der Waals surface area contributed by atoms with Gasteiger partial charge >= 0.3 is 5.97 Å². The molecule has 0 saturated carbocycles. The van der Waals surface area contributed by atoms with E-state index in [-0.39, 0.29) is 34.7 Å². The van der Waals surface area contributed by atoms with E-state index in [1.807, 2.05) is 0 Å². The van der Waals surface area contributed by atoms with Crippen molar-refractivity contribution >= 4 is 17.9 Å². The topological polar surface area (TPSA) is 105 Å². The van der Waals surface area contributed by atoms with Crippen LogP contribution in [0, 0.1) is 10.1 Å². The number of nitro benzene ring substituents is 1. The minimum absolute atomic E-state index is 0.0180. The highest BCUT2D eigenvalue weighted by atomic mass is 16.7. The number of hydrogen-bond donors (Lipinski definition) is 0. The van der Waals surface area contributed by atoms with E-state index in [1.165, 1.54) is 37.4 Å². The zero-order valence-corrected chi connectivity index (χ0v) is 12.5. The van der Waals surface area contributed by atoms with Crippen LogP contribution in [0.25, 0.3) is 11.1 Å². The number of carbonyl (C=O) groups excluding carboxylic acids is 2. The first-order valence-electron chi connectivity index (χ1n) is 6.81. The monoisotopic (exact) mass is 329 g/mol. The molecular formula is C16H11NO7. The van der Waals surface area contributed by atoms with Crippen LogP contribution in [0.15, 0.2) is 30.3 Å². The summed E-state index contributed by atoms with van der Waals surface area (Å²) in [6, 6.07) is 6.76. The van der Waals surface area contributed by atoms with Gasteiger partial charge in [-0.15, -0.1) is 0 Å². The summed E-state index contributed by atoms with van der Waals surface area (Å²) in [7, 11) is 1.20. The van der Waals surface area contributed by atoms with Gasteiger partial charge in [0.1, 0.15) is 6.29 Å². The van der Waals surface area contributed by atoms with E-state index in [0.29, 0.717) is 17.8 Å². The largest absolute Gasteiger partial charge is 0.465 e. The maximum absolute atomic E-state index is 12.1. The third-order valence-corrected chi connectivity index (χ3v) is 3.56. The van der Waals surface area contributed by atoms with Crippen molar-refractivity contribution in [2.75, 3.05) is 13.9 Å². The average Bonchev–Trinajstić information content (AvgIpc) is 3.06. The Hall–Kier alpha value is -3.42. The summed E-state index contributed by atoms with van der Waals surface area (Å²) in [5.74, 6) is 0.00547. The Morgan fingerprint density at radius 2 is 1.92 bits per heavy atom. The van der Waals surface area contributed by atoms with Crippen molar-refractivity contribution in [1.82, 2.24) is 0 Å². The molecule has 0 unspecified atom stereocenters. The molecule has 0 amide bonds. The lowest BCUT2D eigenvalue weighted by Crippen LogP contribution is -2.05. The van der Waals surface area contributed by atoms with E-state index in [0.717, 1.165) is 0 Å². The fourth-order valence-corrected chi connectivity index (χ4v) is 2.45. The van der Waals surface area contributed by atoms with Crippen molar-refractivity contribution < 1.29 is 28.7 Å². The molecule has 0 atom stereocenters. The molecule has 0 aliphatic carbocycles. The molecule has 0 aromatic heterocycles. The zero-order valence-electron chi connectivity index (χ0n) is 12.5. The molecule has 1 heterocycles. The second-order valence-electron chi connectivity index (χ2n) is 4.89. The van der Waals surface area contributed by atoms with Crippen LogP contribution in [0.3, 0.4) is 0 Å². The van der Waals surface area contributed by atoms with Crippen LogP contribution in [0.5, 0.6) is 11.5 Å². The summed E-state index contributed by atoms with van der Waals surface area (Å²) in [5, 5.41) is 11.3. The highest BCUT2D eigenvalue weighted by Crippen LogP contribution is 2.41. The third kappa shape index (κ3) is 2.54. The van der Waals surface area contributed by atoms with Crippen LogP contribution in [0.2, 0.25) is 0 Å². The molecule has 8 nitrogen and oxygen atoms in total. The number of rotatable bonds is 4. The van der Waals surface area contributed by atoms with Gasteiger partial charge in [-0.2, -0.15) is 0 Å². The van der Waals surface area contributed by atoms with Gasteiger partial charge in [-0.05, 0) is 24.3 Å². The Kier molecular flexibility index (Phi) is 3.87. The molecule has 0 fully saturated rings. The zero-order chi connectivity index (χ0) is 17.3. The van der Waals surface area contributed by atoms with Gasteiger partial charge in [-0.1, -0.05) is 0 Å². The number of ether oxygens (including phenoxy) is 3.